The molecule has 0 bridgehead atoms. The third-order valence-corrected chi connectivity index (χ3v) is 9.34. The maximum Gasteiger partial charge on any atom is 0.159 e. The molecule has 4 aromatic rings. The van der Waals surface area contributed by atoms with E-state index in [1.807, 2.05) is 18.2 Å². The lowest BCUT2D eigenvalue weighted by Crippen LogP contribution is -2.35. The number of imidazole rings is 1. The van der Waals surface area contributed by atoms with Gasteiger partial charge in [-0.25, -0.2) is 4.98 Å². The molecule has 7 rings (SSSR count). The minimum atomic E-state index is 0.0872. The molecule has 0 spiro atoms. The first-order valence-corrected chi connectivity index (χ1v) is 15.0. The van der Waals surface area contributed by atoms with E-state index in [2.05, 4.69) is 51.9 Å². The lowest BCUT2D eigenvalue weighted by atomic mass is 9.82. The van der Waals surface area contributed by atoms with Crippen LogP contribution in [0.4, 0.5) is 0 Å². The summed E-state index contributed by atoms with van der Waals surface area (Å²) in [6.07, 6.45) is 6.99. The first-order chi connectivity index (χ1) is 19.6. The molecule has 1 unspecified atom stereocenters. The number of fused-ring (bicyclic) bond motifs is 2. The molecular formula is C34H38N4O2. The minimum absolute atomic E-state index is 0.0872. The maximum absolute atomic E-state index is 12.1. The van der Waals surface area contributed by atoms with Crippen LogP contribution in [0.25, 0.3) is 11.0 Å². The summed E-state index contributed by atoms with van der Waals surface area (Å²) in [5, 5.41) is 0. The van der Waals surface area contributed by atoms with E-state index >= 15 is 0 Å². The first kappa shape index (κ1) is 25.6. The fourth-order valence-electron chi connectivity index (χ4n) is 6.81. The summed E-state index contributed by atoms with van der Waals surface area (Å²) in [5.41, 5.74) is 8.28. The van der Waals surface area contributed by atoms with Gasteiger partial charge in [-0.3, -0.25) is 14.7 Å². The van der Waals surface area contributed by atoms with E-state index in [1.54, 1.807) is 6.92 Å². The van der Waals surface area contributed by atoms with Gasteiger partial charge in [0.05, 0.1) is 30.2 Å². The number of pyridine rings is 1. The van der Waals surface area contributed by atoms with E-state index in [0.717, 1.165) is 87.3 Å². The van der Waals surface area contributed by atoms with Crippen LogP contribution in [0, 0.1) is 0 Å². The van der Waals surface area contributed by atoms with E-state index in [4.69, 9.17) is 14.7 Å². The Kier molecular flexibility index (Phi) is 6.98. The van der Waals surface area contributed by atoms with Crippen LogP contribution in [0.15, 0.2) is 60.7 Å². The quantitative estimate of drug-likeness (QED) is 0.269. The van der Waals surface area contributed by atoms with Gasteiger partial charge in [0.1, 0.15) is 5.82 Å². The second-order valence-electron chi connectivity index (χ2n) is 11.9. The number of Topliss-reactive ketones (excluding diaryl/α,β-unsaturated/α-hetero) is 1. The number of ketones is 1. The van der Waals surface area contributed by atoms with E-state index in [1.165, 1.54) is 28.9 Å². The number of benzene rings is 2. The molecule has 2 atom stereocenters. The number of rotatable bonds is 7. The zero-order valence-corrected chi connectivity index (χ0v) is 23.4. The average Bonchev–Trinajstić information content (AvgIpc) is 3.31. The molecule has 2 aromatic carbocycles. The van der Waals surface area contributed by atoms with Crippen LogP contribution in [-0.2, 0) is 30.7 Å². The van der Waals surface area contributed by atoms with Crippen LogP contribution >= 0.6 is 0 Å². The normalized spacial score (nSPS) is 21.7. The summed E-state index contributed by atoms with van der Waals surface area (Å²) in [7, 11) is 0. The second-order valence-corrected chi connectivity index (χ2v) is 11.9. The molecule has 206 valence electrons. The summed E-state index contributed by atoms with van der Waals surface area (Å²) < 4.78 is 8.07. The topological polar surface area (TPSA) is 60.2 Å². The van der Waals surface area contributed by atoms with E-state index in [9.17, 15) is 4.79 Å². The standard InChI is InChI=1S/C34H38N4O2/c1-23(39)26-11-12-32-33(20-26)38(21-29-15-18-40-29)34(36-32)22-37-16-13-25(14-17-37)30-7-4-8-31(35-30)28-10-9-24-5-2-3-6-27(24)19-28/h2-8,11-12,20,25,28-29H,9-10,13-19,21-22H2,1H3/t28?,29-/m0/s1. The van der Waals surface area contributed by atoms with Gasteiger partial charge < -0.3 is 9.30 Å². The number of hydrogen-bond acceptors (Lipinski definition) is 5. The molecule has 6 heteroatoms. The first-order valence-electron chi connectivity index (χ1n) is 15.0. The molecule has 2 aliphatic heterocycles. The lowest BCUT2D eigenvalue weighted by molar-refractivity contribution is -0.0592. The Labute approximate surface area is 236 Å². The van der Waals surface area contributed by atoms with Gasteiger partial charge in [-0.1, -0.05) is 30.3 Å². The van der Waals surface area contributed by atoms with Crippen molar-refractivity contribution in [2.45, 2.75) is 76.5 Å². The Morgan fingerprint density at radius 2 is 1.68 bits per heavy atom. The van der Waals surface area contributed by atoms with Crippen molar-refractivity contribution in [3.8, 4) is 0 Å². The minimum Gasteiger partial charge on any atom is -0.376 e. The van der Waals surface area contributed by atoms with Crippen LogP contribution in [0.1, 0.15) is 83.1 Å². The highest BCUT2D eigenvalue weighted by molar-refractivity contribution is 5.97. The zero-order chi connectivity index (χ0) is 27.1. The van der Waals surface area contributed by atoms with Crippen molar-refractivity contribution >= 4 is 16.8 Å². The van der Waals surface area contributed by atoms with Crippen LogP contribution in [0.3, 0.4) is 0 Å². The SMILES string of the molecule is CC(=O)c1ccc2nc(CN3CCC(c4cccc(C5CCc6ccccc6C5)n4)CC3)n(C[C@@H]3CCO3)c2c1. The highest BCUT2D eigenvalue weighted by Gasteiger charge is 2.27. The lowest BCUT2D eigenvalue weighted by Gasteiger charge is -2.32. The predicted octanol–water partition coefficient (Wildman–Crippen LogP) is 6.07. The largest absolute Gasteiger partial charge is 0.376 e. The van der Waals surface area contributed by atoms with Gasteiger partial charge in [0.2, 0.25) is 0 Å². The fourth-order valence-corrected chi connectivity index (χ4v) is 6.81. The Hall–Kier alpha value is -3.35. The molecule has 0 saturated carbocycles. The molecule has 2 aromatic heterocycles. The number of aromatic nitrogens is 3. The number of hydrogen-bond donors (Lipinski definition) is 0. The van der Waals surface area contributed by atoms with Gasteiger partial charge in [0.15, 0.2) is 5.78 Å². The Morgan fingerprint density at radius 3 is 2.42 bits per heavy atom. The molecule has 40 heavy (non-hydrogen) atoms. The van der Waals surface area contributed by atoms with Crippen molar-refractivity contribution in [2.24, 2.45) is 0 Å². The van der Waals surface area contributed by atoms with Crippen molar-refractivity contribution in [2.75, 3.05) is 19.7 Å². The molecule has 2 saturated heterocycles. The summed E-state index contributed by atoms with van der Waals surface area (Å²) >= 11 is 0. The number of ether oxygens (including phenoxy) is 1. The van der Waals surface area contributed by atoms with E-state index in [-0.39, 0.29) is 11.9 Å². The third kappa shape index (κ3) is 5.11. The number of piperidine rings is 1. The van der Waals surface area contributed by atoms with Crippen LogP contribution < -0.4 is 0 Å². The molecule has 0 radical (unpaired) electrons. The Morgan fingerprint density at radius 1 is 0.900 bits per heavy atom. The van der Waals surface area contributed by atoms with Crippen LogP contribution in [-0.4, -0.2) is 51.0 Å². The fraction of sp³-hybridized carbons (Fsp3) is 0.441. The summed E-state index contributed by atoms with van der Waals surface area (Å²) in [5.74, 6) is 2.19. The molecule has 0 amide bonds. The van der Waals surface area contributed by atoms with Gasteiger partial charge in [-0.2, -0.15) is 0 Å². The van der Waals surface area contributed by atoms with Gasteiger partial charge in [0.25, 0.3) is 0 Å². The highest BCUT2D eigenvalue weighted by atomic mass is 16.5. The van der Waals surface area contributed by atoms with Crippen molar-refractivity contribution in [3.05, 3.63) is 94.6 Å². The predicted molar refractivity (Wildman–Crippen MR) is 157 cm³/mol. The van der Waals surface area contributed by atoms with Crippen LogP contribution in [0.2, 0.25) is 0 Å². The second kappa shape index (κ2) is 10.9. The smallest absolute Gasteiger partial charge is 0.159 e. The Bertz CT molecular complexity index is 1530. The van der Waals surface area contributed by atoms with Gasteiger partial charge in [-0.05, 0) is 100.0 Å². The average molecular weight is 535 g/mol. The van der Waals surface area contributed by atoms with Crippen molar-refractivity contribution in [1.82, 2.24) is 19.4 Å². The summed E-state index contributed by atoms with van der Waals surface area (Å²) in [6, 6.07) is 21.5. The molecule has 0 N–H and O–H groups in total. The Balaban J connectivity index is 1.04. The maximum atomic E-state index is 12.1. The van der Waals surface area contributed by atoms with Gasteiger partial charge >= 0.3 is 0 Å². The molecule has 3 aliphatic rings. The molecule has 2 fully saturated rings. The zero-order valence-electron chi connectivity index (χ0n) is 23.4. The highest BCUT2D eigenvalue weighted by Crippen LogP contribution is 2.34. The monoisotopic (exact) mass is 534 g/mol. The van der Waals surface area contributed by atoms with Crippen LogP contribution in [0.5, 0.6) is 0 Å². The summed E-state index contributed by atoms with van der Waals surface area (Å²) in [4.78, 5) is 24.8. The molecule has 6 nitrogen and oxygen atoms in total. The van der Waals surface area contributed by atoms with Gasteiger partial charge in [0, 0.05) is 35.4 Å². The molecule has 1 aliphatic carbocycles. The molecule has 4 heterocycles. The van der Waals surface area contributed by atoms with E-state index < -0.39 is 0 Å². The van der Waals surface area contributed by atoms with Crippen molar-refractivity contribution in [1.29, 1.82) is 0 Å². The number of aryl methyl sites for hydroxylation is 1. The van der Waals surface area contributed by atoms with E-state index in [0.29, 0.717) is 11.8 Å². The number of carbonyl (C=O) groups is 1. The van der Waals surface area contributed by atoms with Gasteiger partial charge in [-0.15, -0.1) is 0 Å². The number of nitrogens with zero attached hydrogens (tertiary/aromatic N) is 4. The third-order valence-electron chi connectivity index (χ3n) is 9.34. The number of likely N-dealkylation sites (tertiary alicyclic amines) is 1. The number of carbonyl (C=O) groups excluding carboxylic acids is 1. The van der Waals surface area contributed by atoms with Crippen molar-refractivity contribution in [3.63, 3.8) is 0 Å². The molecular weight excluding hydrogens is 496 g/mol. The summed E-state index contributed by atoms with van der Waals surface area (Å²) in [6.45, 7) is 6.15. The van der Waals surface area contributed by atoms with Crippen molar-refractivity contribution < 1.29 is 9.53 Å².